The van der Waals surface area contributed by atoms with E-state index >= 15 is 0 Å². The highest BCUT2D eigenvalue weighted by atomic mass is 28.1. The van der Waals surface area contributed by atoms with Crippen molar-refractivity contribution in [3.05, 3.63) is 54.1 Å². The first-order valence-corrected chi connectivity index (χ1v) is 7.96. The van der Waals surface area contributed by atoms with Gasteiger partial charge in [0.25, 0.3) is 0 Å². The maximum absolute atomic E-state index is 2.29. The van der Waals surface area contributed by atoms with Crippen LogP contribution in [-0.2, 0) is 6.42 Å². The topological polar surface area (TPSA) is 0 Å². The molecular formula is C17H22Si. The number of aryl methyl sites for hydroxylation is 1. The van der Waals surface area contributed by atoms with Crippen LogP contribution in [0.25, 0.3) is 11.1 Å². The van der Waals surface area contributed by atoms with Crippen LogP contribution in [0.15, 0.2) is 48.5 Å². The number of hydrogen-bond donors (Lipinski definition) is 0. The zero-order valence-corrected chi connectivity index (χ0v) is 13.4. The van der Waals surface area contributed by atoms with Crippen molar-refractivity contribution >= 4 is 15.4 Å². The molecule has 94 valence electrons. The molecule has 1 heteroatoms. The van der Waals surface area contributed by atoms with E-state index in [1.165, 1.54) is 47.6 Å². The highest BCUT2D eigenvalue weighted by molar-refractivity contribution is 6.35. The van der Waals surface area contributed by atoms with Crippen molar-refractivity contribution in [1.82, 2.24) is 0 Å². The molecule has 0 saturated heterocycles. The van der Waals surface area contributed by atoms with Crippen LogP contribution in [0.2, 0.25) is 0 Å². The molecule has 2 aromatic carbocycles. The fourth-order valence-corrected chi connectivity index (χ4v) is 2.97. The third-order valence-electron chi connectivity index (χ3n) is 3.48. The second kappa shape index (κ2) is 6.55. The largest absolute Gasteiger partial charge is 0.0654 e. The Bertz CT molecular complexity index is 485. The summed E-state index contributed by atoms with van der Waals surface area (Å²) in [5.41, 5.74) is 4.24. The molecule has 0 aliphatic carbocycles. The Hall–Kier alpha value is -1.34. The Balaban J connectivity index is 2.10. The van der Waals surface area contributed by atoms with Crippen molar-refractivity contribution in [2.75, 3.05) is 0 Å². The van der Waals surface area contributed by atoms with Crippen LogP contribution in [0.4, 0.5) is 0 Å². The molecule has 2 aromatic rings. The molecule has 0 aromatic heterocycles. The van der Waals surface area contributed by atoms with E-state index in [0.29, 0.717) is 0 Å². The van der Waals surface area contributed by atoms with Crippen LogP contribution in [-0.4, -0.2) is 10.2 Å². The van der Waals surface area contributed by atoms with E-state index in [1.807, 2.05) is 0 Å². The zero-order valence-electron chi connectivity index (χ0n) is 11.4. The molecule has 0 aliphatic rings. The summed E-state index contributed by atoms with van der Waals surface area (Å²) in [6.07, 6.45) is 5.17. The molecule has 0 saturated carbocycles. The third-order valence-corrected chi connectivity index (χ3v) is 4.35. The van der Waals surface area contributed by atoms with Gasteiger partial charge in [0.15, 0.2) is 0 Å². The van der Waals surface area contributed by atoms with Crippen molar-refractivity contribution in [1.29, 1.82) is 0 Å². The lowest BCUT2D eigenvalue weighted by atomic mass is 10.0. The molecule has 0 nitrogen and oxygen atoms in total. The maximum Gasteiger partial charge on any atom is 0.0393 e. The van der Waals surface area contributed by atoms with Crippen LogP contribution in [0.3, 0.4) is 0 Å². The molecule has 0 unspecified atom stereocenters. The van der Waals surface area contributed by atoms with E-state index in [1.54, 1.807) is 0 Å². The van der Waals surface area contributed by atoms with Crippen molar-refractivity contribution in [2.45, 2.75) is 32.6 Å². The van der Waals surface area contributed by atoms with Crippen molar-refractivity contribution in [3.8, 4) is 11.1 Å². The maximum atomic E-state index is 2.29. The minimum atomic E-state index is 1.11. The molecule has 0 amide bonds. The Kier molecular flexibility index (Phi) is 4.77. The molecule has 0 bridgehead atoms. The summed E-state index contributed by atoms with van der Waals surface area (Å²) in [7, 11) is 1.11. The minimum absolute atomic E-state index is 1.11. The van der Waals surface area contributed by atoms with E-state index in [0.717, 1.165) is 10.2 Å². The number of benzene rings is 2. The van der Waals surface area contributed by atoms with E-state index in [9.17, 15) is 0 Å². The molecule has 0 radical (unpaired) electrons. The predicted octanol–water partition coefficient (Wildman–Crippen LogP) is 3.08. The average molecular weight is 254 g/mol. The SMILES string of the molecule is CCCCCc1ccc(-c2ccccc2[SiH3])cc1. The first-order chi connectivity index (χ1) is 8.81. The predicted molar refractivity (Wildman–Crippen MR) is 84.7 cm³/mol. The third kappa shape index (κ3) is 3.33. The average Bonchev–Trinajstić information content (AvgIpc) is 2.41. The zero-order chi connectivity index (χ0) is 12.8. The number of unbranched alkanes of at least 4 members (excludes halogenated alkanes) is 2. The van der Waals surface area contributed by atoms with Crippen LogP contribution < -0.4 is 5.19 Å². The molecule has 0 N–H and O–H groups in total. The van der Waals surface area contributed by atoms with Gasteiger partial charge in [-0.05, 0) is 29.5 Å². The summed E-state index contributed by atoms with van der Waals surface area (Å²) in [6.45, 7) is 2.26. The lowest BCUT2D eigenvalue weighted by Crippen LogP contribution is -2.05. The number of hydrogen-bond acceptors (Lipinski definition) is 0. The van der Waals surface area contributed by atoms with E-state index in [4.69, 9.17) is 0 Å². The summed E-state index contributed by atoms with van der Waals surface area (Å²) in [6, 6.07) is 17.9. The van der Waals surface area contributed by atoms with Gasteiger partial charge in [-0.3, -0.25) is 0 Å². The van der Waals surface area contributed by atoms with Gasteiger partial charge in [0.05, 0.1) is 0 Å². The summed E-state index contributed by atoms with van der Waals surface area (Å²) >= 11 is 0. The lowest BCUT2D eigenvalue weighted by molar-refractivity contribution is 0.717. The first kappa shape index (κ1) is 13.1. The number of rotatable bonds is 5. The summed E-state index contributed by atoms with van der Waals surface area (Å²) in [5, 5.41) is 1.48. The van der Waals surface area contributed by atoms with Gasteiger partial charge in [-0.25, -0.2) is 0 Å². The van der Waals surface area contributed by atoms with Crippen LogP contribution in [0, 0.1) is 0 Å². The normalized spacial score (nSPS) is 10.7. The van der Waals surface area contributed by atoms with Crippen molar-refractivity contribution in [3.63, 3.8) is 0 Å². The van der Waals surface area contributed by atoms with Gasteiger partial charge in [0.2, 0.25) is 0 Å². The molecule has 0 heterocycles. The highest BCUT2D eigenvalue weighted by Crippen LogP contribution is 2.18. The van der Waals surface area contributed by atoms with Crippen LogP contribution >= 0.6 is 0 Å². The molecule has 0 spiro atoms. The van der Waals surface area contributed by atoms with Gasteiger partial charge in [-0.1, -0.05) is 73.5 Å². The first-order valence-electron chi connectivity index (χ1n) is 6.96. The monoisotopic (exact) mass is 254 g/mol. The van der Waals surface area contributed by atoms with E-state index < -0.39 is 0 Å². The summed E-state index contributed by atoms with van der Waals surface area (Å²) < 4.78 is 0. The molecule has 18 heavy (non-hydrogen) atoms. The molecule has 2 rings (SSSR count). The fourth-order valence-electron chi connectivity index (χ4n) is 2.33. The summed E-state index contributed by atoms with van der Waals surface area (Å²) in [4.78, 5) is 0. The van der Waals surface area contributed by atoms with Crippen LogP contribution in [0.5, 0.6) is 0 Å². The Morgan fingerprint density at radius 3 is 2.28 bits per heavy atom. The lowest BCUT2D eigenvalue weighted by Gasteiger charge is -2.07. The molecule has 0 fully saturated rings. The van der Waals surface area contributed by atoms with Gasteiger partial charge in [-0.15, -0.1) is 0 Å². The van der Waals surface area contributed by atoms with Crippen LogP contribution in [0.1, 0.15) is 31.7 Å². The summed E-state index contributed by atoms with van der Waals surface area (Å²) in [5.74, 6) is 0. The van der Waals surface area contributed by atoms with Gasteiger partial charge in [-0.2, -0.15) is 0 Å². The van der Waals surface area contributed by atoms with Gasteiger partial charge in [0, 0.05) is 10.2 Å². The molecular weight excluding hydrogens is 232 g/mol. The highest BCUT2D eigenvalue weighted by Gasteiger charge is 2.00. The van der Waals surface area contributed by atoms with Gasteiger partial charge < -0.3 is 0 Å². The fraction of sp³-hybridized carbons (Fsp3) is 0.294. The Labute approximate surface area is 113 Å². The second-order valence-corrected chi connectivity index (χ2v) is 6.05. The van der Waals surface area contributed by atoms with Crippen molar-refractivity contribution < 1.29 is 0 Å². The van der Waals surface area contributed by atoms with Gasteiger partial charge >= 0.3 is 0 Å². The molecule has 0 aliphatic heterocycles. The Morgan fingerprint density at radius 2 is 1.61 bits per heavy atom. The van der Waals surface area contributed by atoms with Gasteiger partial charge in [0.1, 0.15) is 0 Å². The van der Waals surface area contributed by atoms with E-state index in [2.05, 4.69) is 55.5 Å². The Morgan fingerprint density at radius 1 is 0.889 bits per heavy atom. The standard InChI is InChI=1S/C17H22Si/c1-2-3-4-7-14-10-12-15(13-11-14)16-8-5-6-9-17(16)18/h5-6,8-13H,2-4,7H2,1,18H3. The minimum Gasteiger partial charge on any atom is -0.0654 e. The van der Waals surface area contributed by atoms with E-state index in [-0.39, 0.29) is 0 Å². The molecule has 0 atom stereocenters. The van der Waals surface area contributed by atoms with Crippen molar-refractivity contribution in [2.24, 2.45) is 0 Å². The quantitative estimate of drug-likeness (QED) is 0.568. The second-order valence-electron chi connectivity index (χ2n) is 4.97. The smallest absolute Gasteiger partial charge is 0.0393 e.